The molecule has 1 N–H and O–H groups in total. The molecule has 0 bridgehead atoms. The van der Waals surface area contributed by atoms with Crippen molar-refractivity contribution >= 4 is 24.0 Å². The summed E-state index contributed by atoms with van der Waals surface area (Å²) in [6.07, 6.45) is 7.80. The monoisotopic (exact) mass is 397 g/mol. The van der Waals surface area contributed by atoms with Crippen LogP contribution in [0.5, 0.6) is 5.75 Å². The molecule has 0 aromatic heterocycles. The molecule has 26 heavy (non-hydrogen) atoms. The van der Waals surface area contributed by atoms with Crippen LogP contribution in [0.25, 0.3) is 0 Å². The zero-order chi connectivity index (χ0) is 17.5. The Morgan fingerprint density at radius 3 is 2.38 bits per heavy atom. The Kier molecular flexibility index (Phi) is 8.70. The van der Waals surface area contributed by atoms with Gasteiger partial charge in [-0.1, -0.05) is 49.4 Å². The summed E-state index contributed by atoms with van der Waals surface area (Å²) in [6.45, 7) is 1.17. The van der Waals surface area contributed by atoms with E-state index in [2.05, 4.69) is 5.32 Å². The molecule has 1 aliphatic carbocycles. The molecule has 0 unspecified atom stereocenters. The Hall–Kier alpha value is -1.29. The molecule has 3 rings (SSSR count). The van der Waals surface area contributed by atoms with Gasteiger partial charge in [0.1, 0.15) is 18.2 Å². The van der Waals surface area contributed by atoms with Crippen LogP contribution in [0.3, 0.4) is 0 Å². The minimum Gasteiger partial charge on any atom is -0.489 e. The van der Waals surface area contributed by atoms with Gasteiger partial charge in [-0.25, -0.2) is 4.39 Å². The standard InChI is InChI=1S/C21H25ClFNO.ClH/c22-18-9-12-21(25-15-16-7-10-19(23)11-8-16)17(13-18)14-24-20-5-3-1-2-4-6-20;/h7-13,20,24H,1-6,14-15H2;1H. The maximum atomic E-state index is 13.0. The van der Waals surface area contributed by atoms with Crippen molar-refractivity contribution in [2.45, 2.75) is 57.7 Å². The lowest BCUT2D eigenvalue weighted by molar-refractivity contribution is 0.301. The summed E-state index contributed by atoms with van der Waals surface area (Å²) in [6, 6.07) is 12.7. The van der Waals surface area contributed by atoms with Crippen molar-refractivity contribution < 1.29 is 9.13 Å². The normalized spacial score (nSPS) is 15.2. The van der Waals surface area contributed by atoms with Gasteiger partial charge in [0.2, 0.25) is 0 Å². The number of halogens is 3. The fourth-order valence-electron chi connectivity index (χ4n) is 3.31. The van der Waals surface area contributed by atoms with Gasteiger partial charge in [0.05, 0.1) is 0 Å². The van der Waals surface area contributed by atoms with Crippen LogP contribution >= 0.6 is 24.0 Å². The quantitative estimate of drug-likeness (QED) is 0.577. The van der Waals surface area contributed by atoms with Crippen LogP contribution in [0, 0.1) is 5.82 Å². The first kappa shape index (κ1) is 21.0. The Bertz CT molecular complexity index is 670. The van der Waals surface area contributed by atoms with Crippen molar-refractivity contribution in [3.05, 3.63) is 64.4 Å². The summed E-state index contributed by atoms with van der Waals surface area (Å²) in [5, 5.41) is 4.38. The molecule has 2 aromatic carbocycles. The van der Waals surface area contributed by atoms with Crippen LogP contribution in [0.15, 0.2) is 42.5 Å². The zero-order valence-electron chi connectivity index (χ0n) is 14.8. The van der Waals surface area contributed by atoms with Gasteiger partial charge in [-0.2, -0.15) is 0 Å². The number of benzene rings is 2. The summed E-state index contributed by atoms with van der Waals surface area (Å²) in [5.41, 5.74) is 2.01. The van der Waals surface area contributed by atoms with Crippen LogP contribution < -0.4 is 10.1 Å². The van der Waals surface area contributed by atoms with E-state index >= 15 is 0 Å². The predicted molar refractivity (Wildman–Crippen MR) is 108 cm³/mol. The highest BCUT2D eigenvalue weighted by Crippen LogP contribution is 2.25. The molecule has 0 saturated heterocycles. The summed E-state index contributed by atoms with van der Waals surface area (Å²) in [5.74, 6) is 0.596. The molecule has 0 amide bonds. The van der Waals surface area contributed by atoms with E-state index in [9.17, 15) is 4.39 Å². The maximum absolute atomic E-state index is 13.0. The second-order valence-electron chi connectivity index (χ2n) is 6.74. The summed E-state index contributed by atoms with van der Waals surface area (Å²) < 4.78 is 19.0. The largest absolute Gasteiger partial charge is 0.489 e. The number of nitrogens with one attached hydrogen (secondary N) is 1. The minimum atomic E-state index is -0.233. The molecule has 1 fully saturated rings. The van der Waals surface area contributed by atoms with Gasteiger partial charge in [-0.15, -0.1) is 12.4 Å². The Balaban J connectivity index is 0.00000243. The van der Waals surface area contributed by atoms with Crippen LogP contribution in [0.2, 0.25) is 5.02 Å². The molecule has 2 nitrogen and oxygen atoms in total. The van der Waals surface area contributed by atoms with Crippen molar-refractivity contribution in [3.63, 3.8) is 0 Å². The number of hydrogen-bond acceptors (Lipinski definition) is 2. The van der Waals surface area contributed by atoms with Gasteiger partial charge in [0.25, 0.3) is 0 Å². The predicted octanol–water partition coefficient (Wildman–Crippen LogP) is 6.29. The van der Waals surface area contributed by atoms with E-state index < -0.39 is 0 Å². The van der Waals surface area contributed by atoms with Gasteiger partial charge < -0.3 is 10.1 Å². The zero-order valence-corrected chi connectivity index (χ0v) is 16.4. The lowest BCUT2D eigenvalue weighted by Gasteiger charge is -2.18. The SMILES string of the molecule is Cl.Fc1ccc(COc2ccc(Cl)cc2CNC2CCCCCC2)cc1. The third kappa shape index (κ3) is 6.46. The van der Waals surface area contributed by atoms with Gasteiger partial charge in [0, 0.05) is 23.2 Å². The molecule has 0 radical (unpaired) electrons. The average Bonchev–Trinajstić information content (AvgIpc) is 2.89. The lowest BCUT2D eigenvalue weighted by atomic mass is 10.1. The highest BCUT2D eigenvalue weighted by atomic mass is 35.5. The van der Waals surface area contributed by atoms with Crippen molar-refractivity contribution in [1.82, 2.24) is 5.32 Å². The fraction of sp³-hybridized carbons (Fsp3) is 0.429. The molecular formula is C21H26Cl2FNO. The van der Waals surface area contributed by atoms with E-state index in [1.165, 1.54) is 50.7 Å². The van der Waals surface area contributed by atoms with E-state index in [0.717, 1.165) is 23.4 Å². The Labute approximate surface area is 166 Å². The Morgan fingerprint density at radius 1 is 1.00 bits per heavy atom. The third-order valence-corrected chi connectivity index (χ3v) is 5.00. The number of ether oxygens (including phenoxy) is 1. The molecule has 2 aromatic rings. The molecule has 0 heterocycles. The van der Waals surface area contributed by atoms with Gasteiger partial charge in [0.15, 0.2) is 0 Å². The average molecular weight is 398 g/mol. The Morgan fingerprint density at radius 2 is 1.69 bits per heavy atom. The van der Waals surface area contributed by atoms with Crippen molar-refractivity contribution in [1.29, 1.82) is 0 Å². The molecule has 1 saturated carbocycles. The molecule has 0 atom stereocenters. The van der Waals surface area contributed by atoms with E-state index in [4.69, 9.17) is 16.3 Å². The highest BCUT2D eigenvalue weighted by Gasteiger charge is 2.13. The van der Waals surface area contributed by atoms with E-state index in [1.807, 2.05) is 18.2 Å². The second-order valence-corrected chi connectivity index (χ2v) is 7.17. The first-order valence-electron chi connectivity index (χ1n) is 9.10. The highest BCUT2D eigenvalue weighted by molar-refractivity contribution is 6.30. The number of hydrogen-bond donors (Lipinski definition) is 1. The summed E-state index contributed by atoms with van der Waals surface area (Å²) >= 11 is 6.17. The van der Waals surface area contributed by atoms with Crippen LogP contribution in [0.4, 0.5) is 4.39 Å². The molecule has 142 valence electrons. The second kappa shape index (κ2) is 10.8. The first-order chi connectivity index (χ1) is 12.2. The summed E-state index contributed by atoms with van der Waals surface area (Å²) in [7, 11) is 0. The van der Waals surface area contributed by atoms with Crippen molar-refractivity contribution in [3.8, 4) is 5.75 Å². The maximum Gasteiger partial charge on any atom is 0.124 e. The van der Waals surface area contributed by atoms with Crippen LogP contribution in [0.1, 0.15) is 49.7 Å². The molecular weight excluding hydrogens is 372 g/mol. The number of rotatable bonds is 6. The molecule has 0 aliphatic heterocycles. The molecule has 0 spiro atoms. The fourth-order valence-corrected chi connectivity index (χ4v) is 3.50. The lowest BCUT2D eigenvalue weighted by Crippen LogP contribution is -2.28. The van der Waals surface area contributed by atoms with Gasteiger partial charge in [-0.05, 0) is 48.7 Å². The summed E-state index contributed by atoms with van der Waals surface area (Å²) in [4.78, 5) is 0. The first-order valence-corrected chi connectivity index (χ1v) is 9.47. The van der Waals surface area contributed by atoms with E-state index in [0.29, 0.717) is 17.7 Å². The van der Waals surface area contributed by atoms with Crippen molar-refractivity contribution in [2.24, 2.45) is 0 Å². The van der Waals surface area contributed by atoms with Crippen molar-refractivity contribution in [2.75, 3.05) is 0 Å². The van der Waals surface area contributed by atoms with Gasteiger partial charge >= 0.3 is 0 Å². The van der Waals surface area contributed by atoms with E-state index in [-0.39, 0.29) is 18.2 Å². The smallest absolute Gasteiger partial charge is 0.124 e. The van der Waals surface area contributed by atoms with E-state index in [1.54, 1.807) is 12.1 Å². The topological polar surface area (TPSA) is 21.3 Å². The van der Waals surface area contributed by atoms with Crippen LogP contribution in [-0.4, -0.2) is 6.04 Å². The third-order valence-electron chi connectivity index (χ3n) is 4.77. The molecule has 5 heteroatoms. The minimum absolute atomic E-state index is 0. The van der Waals surface area contributed by atoms with Crippen LogP contribution in [-0.2, 0) is 13.2 Å². The van der Waals surface area contributed by atoms with Gasteiger partial charge in [-0.3, -0.25) is 0 Å². The molecule has 1 aliphatic rings.